The lowest BCUT2D eigenvalue weighted by Crippen LogP contribution is -2.62. The van der Waals surface area contributed by atoms with Crippen molar-refractivity contribution in [3.05, 3.63) is 94.8 Å². The van der Waals surface area contributed by atoms with Crippen LogP contribution in [-0.2, 0) is 51.4 Å². The number of carbonyl (C=O) groups is 10. The number of aromatic nitrogens is 2. The minimum atomic E-state index is -1.03. The Kier molecular flexibility index (Phi) is 25.9. The molecule has 6 rings (SSSR count). The highest BCUT2D eigenvalue weighted by atomic mass is 16.2. The topological polar surface area (TPSA) is 317 Å². The van der Waals surface area contributed by atoms with Crippen molar-refractivity contribution in [3.63, 3.8) is 0 Å². The lowest BCUT2D eigenvalue weighted by Gasteiger charge is -2.38. The van der Waals surface area contributed by atoms with Crippen molar-refractivity contribution in [2.75, 3.05) is 26.2 Å². The number of rotatable bonds is 29. The Morgan fingerprint density at radius 3 is 1.23 bits per heavy atom. The number of carbonyl (C=O) groups excluding carboxylic acids is 10. The Morgan fingerprint density at radius 1 is 0.548 bits per heavy atom. The number of fused-ring (bicyclic) bond motifs is 2. The van der Waals surface area contributed by atoms with Gasteiger partial charge in [0.05, 0.1) is 24.2 Å². The lowest BCUT2D eigenvalue weighted by atomic mass is 9.85. The molecule has 2 saturated heterocycles. The predicted octanol–water partition coefficient (Wildman–Crippen LogP) is 4.84. The number of hydrogen-bond acceptors (Lipinski definition) is 12. The first-order chi connectivity index (χ1) is 43.4. The number of piperidine rings is 2. The van der Waals surface area contributed by atoms with Crippen LogP contribution in [0.3, 0.4) is 0 Å². The lowest BCUT2D eigenvalue weighted by molar-refractivity contribution is -0.145. The van der Waals surface area contributed by atoms with Crippen molar-refractivity contribution in [2.24, 2.45) is 57.2 Å². The highest BCUT2D eigenvalue weighted by Gasteiger charge is 2.71. The molecular formula is C69H106N12O12. The van der Waals surface area contributed by atoms with E-state index in [-0.39, 0.29) is 90.1 Å². The van der Waals surface area contributed by atoms with Crippen molar-refractivity contribution < 1.29 is 47.9 Å². The maximum atomic E-state index is 14.3. The number of hydrogen-bond donors (Lipinski definition) is 8. The van der Waals surface area contributed by atoms with E-state index in [2.05, 4.69) is 83.4 Å². The molecule has 4 heterocycles. The number of ketones is 2. The monoisotopic (exact) mass is 1290 g/mol. The molecule has 2 aliphatic heterocycles. The van der Waals surface area contributed by atoms with Crippen LogP contribution in [0.1, 0.15) is 143 Å². The van der Waals surface area contributed by atoms with E-state index in [9.17, 15) is 57.5 Å². The van der Waals surface area contributed by atoms with E-state index in [1.807, 2.05) is 83.1 Å². The summed E-state index contributed by atoms with van der Waals surface area (Å²) in [6, 6.07) is 2.08. The predicted molar refractivity (Wildman–Crippen MR) is 356 cm³/mol. The Bertz CT molecular complexity index is 3190. The van der Waals surface area contributed by atoms with Gasteiger partial charge in [-0.05, 0) is 82.1 Å². The molecule has 24 nitrogen and oxygen atoms in total. The van der Waals surface area contributed by atoms with Crippen LogP contribution in [0, 0.1) is 57.2 Å². The molecule has 4 aliphatic rings. The molecule has 4 fully saturated rings. The second kappa shape index (κ2) is 31.8. The van der Waals surface area contributed by atoms with Gasteiger partial charge in [-0.2, -0.15) is 0 Å². The second-order valence-electron chi connectivity index (χ2n) is 29.5. The third kappa shape index (κ3) is 18.9. The summed E-state index contributed by atoms with van der Waals surface area (Å²) in [6.45, 7) is 39.4. The van der Waals surface area contributed by atoms with Gasteiger partial charge in [0.15, 0.2) is 0 Å². The fourth-order valence-electron chi connectivity index (χ4n) is 13.0. The van der Waals surface area contributed by atoms with Crippen LogP contribution in [0.5, 0.6) is 0 Å². The zero-order valence-electron chi connectivity index (χ0n) is 57.7. The maximum Gasteiger partial charge on any atom is 0.315 e. The van der Waals surface area contributed by atoms with Crippen LogP contribution in [0.4, 0.5) is 9.59 Å². The number of unbranched alkanes of at least 4 members (excludes halogenated alkanes) is 1. The average Bonchev–Trinajstić information content (AvgIpc) is 1.54. The SMILES string of the molecule is C=CCNC(=O)C(=O)C(CCC)NC(=O)[C@@H]1[C@@H]2[C@H](CN1C(=O)[C@@H](NC(=O)N[C@H](Cn1ccccc1=O)C(C)C)C(C)(C)C)C2(C)C.C=CCNC(=O)C(=O)C(CCCC)NC(=O)[C@@H]1[C@@H]2[C@H](CN1C(=O)[C@@H](NC(=O)N[C@H](Cn1ccccc1=O)C(C)C)C(C)(C)C)C2(C)C. The molecule has 93 heavy (non-hydrogen) atoms. The first kappa shape index (κ1) is 75.8. The third-order valence-electron chi connectivity index (χ3n) is 19.1. The number of nitrogens with zero attached hydrogens (tertiary/aromatic N) is 4. The van der Waals surface area contributed by atoms with Crippen LogP contribution in [-0.4, -0.2) is 153 Å². The number of Topliss-reactive ketones (excluding diaryl/α,β-unsaturated/α-hetero) is 2. The van der Waals surface area contributed by atoms with Crippen LogP contribution in [0.2, 0.25) is 0 Å². The summed E-state index contributed by atoms with van der Waals surface area (Å²) in [4.78, 5) is 162. The summed E-state index contributed by atoms with van der Waals surface area (Å²) >= 11 is 0. The van der Waals surface area contributed by atoms with E-state index in [1.54, 1.807) is 36.7 Å². The smallest absolute Gasteiger partial charge is 0.315 e. The second-order valence-corrected chi connectivity index (χ2v) is 29.5. The number of nitrogens with one attached hydrogen (secondary N) is 8. The maximum absolute atomic E-state index is 14.3. The molecular weight excluding hydrogens is 1190 g/mol. The van der Waals surface area contributed by atoms with Gasteiger partial charge in [0.25, 0.3) is 22.9 Å². The quantitative estimate of drug-likeness (QED) is 0.0401. The van der Waals surface area contributed by atoms with Crippen molar-refractivity contribution >= 4 is 59.1 Å². The van der Waals surface area contributed by atoms with E-state index in [1.165, 1.54) is 43.2 Å². The molecule has 2 aliphatic carbocycles. The van der Waals surface area contributed by atoms with Crippen molar-refractivity contribution in [1.82, 2.24) is 61.5 Å². The summed E-state index contributed by atoms with van der Waals surface area (Å²) in [5, 5.41) is 22.2. The molecule has 24 heteroatoms. The van der Waals surface area contributed by atoms with Gasteiger partial charge in [-0.25, -0.2) is 9.59 Å². The highest BCUT2D eigenvalue weighted by molar-refractivity contribution is 6.39. The average molecular weight is 1300 g/mol. The minimum Gasteiger partial charge on any atom is -0.346 e. The summed E-state index contributed by atoms with van der Waals surface area (Å²) in [6.07, 6.45) is 8.76. The van der Waals surface area contributed by atoms with E-state index in [4.69, 9.17) is 0 Å². The Labute approximate surface area is 548 Å². The molecule has 2 aromatic rings. The number of urea groups is 2. The number of pyridine rings is 2. The van der Waals surface area contributed by atoms with E-state index in [0.29, 0.717) is 32.4 Å². The first-order valence-corrected chi connectivity index (χ1v) is 32.9. The molecule has 0 bridgehead atoms. The third-order valence-corrected chi connectivity index (χ3v) is 19.1. The molecule has 0 aromatic carbocycles. The molecule has 2 unspecified atom stereocenters. The van der Waals surface area contributed by atoms with E-state index in [0.717, 1.165) is 6.42 Å². The molecule has 8 N–H and O–H groups in total. The number of amides is 10. The van der Waals surface area contributed by atoms with Gasteiger partial charge in [-0.3, -0.25) is 47.9 Å². The zero-order chi connectivity index (χ0) is 69.8. The van der Waals surface area contributed by atoms with Crippen molar-refractivity contribution in [1.29, 1.82) is 0 Å². The standard InChI is InChI=1S/C35H54N6O6.C34H52N6O6/c1-10-12-15-23(28(43)31(45)36-17-11-2)37-30(44)27-26-22(35(26,8)9)19-41(27)32(46)29(34(5,6)7)39-33(47)38-24(21(3)4)20-40-18-14-13-16-25(40)42;1-10-14-22(27(42)30(44)35-16-11-2)36-29(43)26-25-21(34(25,8)9)18-40(26)31(45)28(33(5,6)7)38-32(46)37-23(20(3)4)19-39-17-13-12-15-24(39)41/h11,13-14,16,18,21-24,26-27,29H,2,10,12,15,17,19-20H2,1,3-9H3,(H,36,45)(H,37,44)(H2,38,39,47);11-13,15,17,20-23,25-26,28H,2,10,14,16,18-19H2,1,3-9H3,(H,35,44)(H,36,43)(H2,37,38,46)/t22-,23?,24+,26-,27-,29+;21-,22?,23+,25-,26-,28+/m00/s1. The fourth-order valence-corrected chi connectivity index (χ4v) is 13.0. The summed E-state index contributed by atoms with van der Waals surface area (Å²) in [7, 11) is 0. The molecule has 514 valence electrons. The van der Waals surface area contributed by atoms with Gasteiger partial charge >= 0.3 is 12.1 Å². The van der Waals surface area contributed by atoms with Crippen molar-refractivity contribution in [2.45, 2.75) is 204 Å². The van der Waals surface area contributed by atoms with Crippen LogP contribution in [0.25, 0.3) is 0 Å². The molecule has 10 amide bonds. The summed E-state index contributed by atoms with van der Waals surface area (Å²) in [5.74, 6) is -4.98. The van der Waals surface area contributed by atoms with Gasteiger partial charge in [0, 0.05) is 63.8 Å². The van der Waals surface area contributed by atoms with Gasteiger partial charge in [0.2, 0.25) is 35.2 Å². The summed E-state index contributed by atoms with van der Waals surface area (Å²) in [5.41, 5.74) is -2.18. The zero-order valence-corrected chi connectivity index (χ0v) is 57.7. The van der Waals surface area contributed by atoms with Crippen LogP contribution < -0.4 is 53.7 Å². The van der Waals surface area contributed by atoms with Crippen molar-refractivity contribution in [3.8, 4) is 0 Å². The largest absolute Gasteiger partial charge is 0.346 e. The van der Waals surface area contributed by atoms with Gasteiger partial charge in [-0.15, -0.1) is 13.2 Å². The van der Waals surface area contributed by atoms with Crippen LogP contribution in [0.15, 0.2) is 83.7 Å². The first-order valence-electron chi connectivity index (χ1n) is 32.9. The van der Waals surface area contributed by atoms with Gasteiger partial charge in [0.1, 0.15) is 24.2 Å². The van der Waals surface area contributed by atoms with Gasteiger partial charge < -0.3 is 61.5 Å². The fraction of sp³-hybridized carbons (Fsp3) is 0.652. The normalized spacial score (nSPS) is 21.7. The Morgan fingerprint density at radius 2 is 0.914 bits per heavy atom. The molecule has 0 radical (unpaired) electrons. The van der Waals surface area contributed by atoms with E-state index < -0.39 is 118 Å². The van der Waals surface area contributed by atoms with Crippen LogP contribution >= 0.6 is 0 Å². The molecule has 12 atom stereocenters. The summed E-state index contributed by atoms with van der Waals surface area (Å²) < 4.78 is 3.05. The highest BCUT2D eigenvalue weighted by Crippen LogP contribution is 2.66. The minimum absolute atomic E-state index is 0.0136. The Balaban J connectivity index is 0.000000337. The van der Waals surface area contributed by atoms with E-state index >= 15 is 0 Å². The molecule has 2 aromatic heterocycles. The Hall–Kier alpha value is -7.92. The van der Waals surface area contributed by atoms with Gasteiger partial charge in [-0.1, -0.05) is 154 Å². The molecule has 0 spiro atoms. The molecule has 2 saturated carbocycles. The number of likely N-dealkylation sites (tertiary alicyclic amines) is 2.